The summed E-state index contributed by atoms with van der Waals surface area (Å²) in [4.78, 5) is 0. The van der Waals surface area contributed by atoms with E-state index in [4.69, 9.17) is 10.5 Å². The average molecular weight is 263 g/mol. The van der Waals surface area contributed by atoms with Crippen molar-refractivity contribution >= 4 is 0 Å². The fourth-order valence-electron chi connectivity index (χ4n) is 1.77. The molecule has 2 nitrogen and oxygen atoms in total. The van der Waals surface area contributed by atoms with Gasteiger partial charge in [-0.25, -0.2) is 0 Å². The molecule has 1 aromatic carbocycles. The molecule has 0 aliphatic rings. The number of hydrogen-bond acceptors (Lipinski definition) is 2. The molecule has 0 saturated heterocycles. The minimum absolute atomic E-state index is 0.0461. The molecule has 2 atom stereocenters. The van der Waals surface area contributed by atoms with E-state index < -0.39 is 0 Å². The second-order valence-electron chi connectivity index (χ2n) is 6.76. The molecule has 0 aliphatic heterocycles. The maximum absolute atomic E-state index is 6.18. The molecule has 0 aromatic heterocycles. The molecule has 1 aromatic rings. The Morgan fingerprint density at radius 2 is 1.58 bits per heavy atom. The normalized spacial score (nSPS) is 15.6. The second kappa shape index (κ2) is 6.53. The maximum Gasteiger partial charge on any atom is 0.0663 e. The van der Waals surface area contributed by atoms with Crippen molar-refractivity contribution in [2.75, 3.05) is 6.61 Å². The van der Waals surface area contributed by atoms with Gasteiger partial charge in [0.25, 0.3) is 0 Å². The largest absolute Gasteiger partial charge is 0.376 e. The SMILES string of the molecule is CC(C)C(C)OCC(N)c1ccc(C(C)(C)C)cc1. The molecular weight excluding hydrogens is 234 g/mol. The fourth-order valence-corrected chi connectivity index (χ4v) is 1.77. The van der Waals surface area contributed by atoms with Gasteiger partial charge in [0.1, 0.15) is 0 Å². The van der Waals surface area contributed by atoms with Gasteiger partial charge < -0.3 is 10.5 Å². The van der Waals surface area contributed by atoms with Gasteiger partial charge in [-0.15, -0.1) is 0 Å². The standard InChI is InChI=1S/C17H29NO/c1-12(2)13(3)19-11-16(18)14-7-9-15(10-8-14)17(4,5)6/h7-10,12-13,16H,11,18H2,1-6H3. The first kappa shape index (κ1) is 16.2. The molecular formula is C17H29NO. The summed E-state index contributed by atoms with van der Waals surface area (Å²) < 4.78 is 5.79. The Morgan fingerprint density at radius 1 is 1.05 bits per heavy atom. The van der Waals surface area contributed by atoms with Crippen LogP contribution < -0.4 is 5.73 Å². The van der Waals surface area contributed by atoms with Crippen molar-refractivity contribution in [1.82, 2.24) is 0 Å². The van der Waals surface area contributed by atoms with E-state index in [1.807, 2.05) is 0 Å². The monoisotopic (exact) mass is 263 g/mol. The lowest BCUT2D eigenvalue weighted by Crippen LogP contribution is -2.23. The smallest absolute Gasteiger partial charge is 0.0663 e. The van der Waals surface area contributed by atoms with E-state index in [9.17, 15) is 0 Å². The molecule has 0 spiro atoms. The molecule has 0 saturated carbocycles. The van der Waals surface area contributed by atoms with Crippen LogP contribution in [0, 0.1) is 5.92 Å². The molecule has 108 valence electrons. The van der Waals surface area contributed by atoms with E-state index in [0.29, 0.717) is 12.5 Å². The molecule has 2 heteroatoms. The van der Waals surface area contributed by atoms with E-state index >= 15 is 0 Å². The highest BCUT2D eigenvalue weighted by molar-refractivity contribution is 5.29. The van der Waals surface area contributed by atoms with Crippen LogP contribution in [-0.2, 0) is 10.2 Å². The predicted molar refractivity (Wildman–Crippen MR) is 82.3 cm³/mol. The molecule has 0 fully saturated rings. The third-order valence-corrected chi connectivity index (χ3v) is 3.68. The zero-order valence-electron chi connectivity index (χ0n) is 13.2. The van der Waals surface area contributed by atoms with E-state index in [-0.39, 0.29) is 17.6 Å². The molecule has 0 aliphatic carbocycles. The summed E-state index contributed by atoms with van der Waals surface area (Å²) in [5.74, 6) is 0.524. The van der Waals surface area contributed by atoms with Crippen molar-refractivity contribution in [3.63, 3.8) is 0 Å². The summed E-state index contributed by atoms with van der Waals surface area (Å²) in [5, 5.41) is 0. The number of benzene rings is 1. The van der Waals surface area contributed by atoms with Crippen LogP contribution in [0.5, 0.6) is 0 Å². The van der Waals surface area contributed by atoms with Crippen molar-refractivity contribution in [2.24, 2.45) is 11.7 Å². The minimum Gasteiger partial charge on any atom is -0.376 e. The Morgan fingerprint density at radius 3 is 2.00 bits per heavy atom. The highest BCUT2D eigenvalue weighted by Crippen LogP contribution is 2.23. The van der Waals surface area contributed by atoms with Crippen LogP contribution >= 0.6 is 0 Å². The van der Waals surface area contributed by atoms with Crippen molar-refractivity contribution in [3.05, 3.63) is 35.4 Å². The summed E-state index contributed by atoms with van der Waals surface area (Å²) in [6.07, 6.45) is 0.250. The third-order valence-electron chi connectivity index (χ3n) is 3.68. The van der Waals surface area contributed by atoms with Crippen LogP contribution in [0.4, 0.5) is 0 Å². The summed E-state index contributed by atoms with van der Waals surface area (Å²) in [6.45, 7) is 13.6. The van der Waals surface area contributed by atoms with Gasteiger partial charge >= 0.3 is 0 Å². The Hall–Kier alpha value is -0.860. The lowest BCUT2D eigenvalue weighted by Gasteiger charge is -2.22. The predicted octanol–water partition coefficient (Wildman–Crippen LogP) is 4.05. The number of rotatable bonds is 5. The van der Waals surface area contributed by atoms with Gasteiger partial charge in [0.15, 0.2) is 0 Å². The maximum atomic E-state index is 6.18. The van der Waals surface area contributed by atoms with Crippen LogP contribution in [0.2, 0.25) is 0 Å². The number of hydrogen-bond donors (Lipinski definition) is 1. The Labute approximate surface area is 118 Å². The molecule has 0 radical (unpaired) electrons. The molecule has 1 rings (SSSR count). The molecule has 2 N–H and O–H groups in total. The molecule has 19 heavy (non-hydrogen) atoms. The third kappa shape index (κ3) is 4.96. The zero-order valence-corrected chi connectivity index (χ0v) is 13.2. The lowest BCUT2D eigenvalue weighted by atomic mass is 9.86. The number of nitrogens with two attached hydrogens (primary N) is 1. The molecule has 0 amide bonds. The quantitative estimate of drug-likeness (QED) is 0.870. The van der Waals surface area contributed by atoms with Crippen LogP contribution in [0.1, 0.15) is 58.7 Å². The van der Waals surface area contributed by atoms with Gasteiger partial charge in [-0.2, -0.15) is 0 Å². The zero-order chi connectivity index (χ0) is 14.6. The minimum atomic E-state index is -0.0461. The average Bonchev–Trinajstić information content (AvgIpc) is 2.34. The topological polar surface area (TPSA) is 35.2 Å². The van der Waals surface area contributed by atoms with Crippen LogP contribution in [-0.4, -0.2) is 12.7 Å². The highest BCUT2D eigenvalue weighted by atomic mass is 16.5. The van der Waals surface area contributed by atoms with Gasteiger partial charge in [-0.05, 0) is 29.4 Å². The van der Waals surface area contributed by atoms with Crippen molar-refractivity contribution in [1.29, 1.82) is 0 Å². The van der Waals surface area contributed by atoms with Gasteiger partial charge in [-0.1, -0.05) is 58.9 Å². The summed E-state index contributed by atoms with van der Waals surface area (Å²) in [6, 6.07) is 8.53. The van der Waals surface area contributed by atoms with Gasteiger partial charge in [0.2, 0.25) is 0 Å². The summed E-state index contributed by atoms with van der Waals surface area (Å²) >= 11 is 0. The highest BCUT2D eigenvalue weighted by Gasteiger charge is 2.15. The van der Waals surface area contributed by atoms with Crippen molar-refractivity contribution < 1.29 is 4.74 Å². The Balaban J connectivity index is 2.61. The lowest BCUT2D eigenvalue weighted by molar-refractivity contribution is 0.0272. The Bertz CT molecular complexity index is 375. The first-order valence-electron chi connectivity index (χ1n) is 7.19. The van der Waals surface area contributed by atoms with Gasteiger partial charge in [0, 0.05) is 0 Å². The Kier molecular flexibility index (Phi) is 5.57. The fraction of sp³-hybridized carbons (Fsp3) is 0.647. The van der Waals surface area contributed by atoms with Crippen molar-refractivity contribution in [3.8, 4) is 0 Å². The second-order valence-corrected chi connectivity index (χ2v) is 6.76. The molecule has 0 bridgehead atoms. The van der Waals surface area contributed by atoms with E-state index in [1.54, 1.807) is 0 Å². The number of ether oxygens (including phenoxy) is 1. The van der Waals surface area contributed by atoms with Crippen LogP contribution in [0.15, 0.2) is 24.3 Å². The van der Waals surface area contributed by atoms with Gasteiger partial charge in [-0.3, -0.25) is 0 Å². The van der Waals surface area contributed by atoms with Crippen molar-refractivity contribution in [2.45, 2.75) is 59.1 Å². The van der Waals surface area contributed by atoms with Gasteiger partial charge in [0.05, 0.1) is 18.8 Å². The van der Waals surface area contributed by atoms with Crippen LogP contribution in [0.25, 0.3) is 0 Å². The molecule has 2 unspecified atom stereocenters. The van der Waals surface area contributed by atoms with E-state index in [1.165, 1.54) is 5.56 Å². The molecule has 0 heterocycles. The first-order valence-corrected chi connectivity index (χ1v) is 7.19. The van der Waals surface area contributed by atoms with E-state index in [0.717, 1.165) is 5.56 Å². The summed E-state index contributed by atoms with van der Waals surface area (Å²) in [7, 11) is 0. The van der Waals surface area contributed by atoms with E-state index in [2.05, 4.69) is 65.8 Å². The van der Waals surface area contributed by atoms with Crippen LogP contribution in [0.3, 0.4) is 0 Å². The summed E-state index contributed by atoms with van der Waals surface area (Å²) in [5.41, 5.74) is 8.84. The first-order chi connectivity index (χ1) is 8.71.